The molecule has 0 radical (unpaired) electrons. The van der Waals surface area contributed by atoms with Gasteiger partial charge in [-0.1, -0.05) is 13.3 Å². The van der Waals surface area contributed by atoms with Gasteiger partial charge in [-0.3, -0.25) is 10.00 Å². The fourth-order valence-electron chi connectivity index (χ4n) is 3.43. The summed E-state index contributed by atoms with van der Waals surface area (Å²) < 4.78 is 6.07. The monoisotopic (exact) mass is 307 g/mol. The highest BCUT2D eigenvalue weighted by atomic mass is 16.5. The number of H-pyrrole nitrogens is 1. The number of nitrogens with one attached hydrogen (secondary N) is 1. The fraction of sp³-hybridized carbons (Fsp3) is 0.875. The van der Waals surface area contributed by atoms with Crippen LogP contribution in [0.3, 0.4) is 0 Å². The van der Waals surface area contributed by atoms with Crippen LogP contribution in [0.15, 0.2) is 0 Å². The molecule has 1 unspecified atom stereocenters. The second kappa shape index (κ2) is 8.04. The molecule has 1 aromatic rings. The molecule has 6 heteroatoms. The zero-order valence-electron chi connectivity index (χ0n) is 13.8. The van der Waals surface area contributed by atoms with E-state index in [1.165, 1.54) is 32.4 Å². The average molecular weight is 307 g/mol. The van der Waals surface area contributed by atoms with Crippen molar-refractivity contribution in [2.45, 2.75) is 51.7 Å². The van der Waals surface area contributed by atoms with Crippen molar-refractivity contribution in [2.24, 2.45) is 0 Å². The van der Waals surface area contributed by atoms with Crippen LogP contribution in [0.25, 0.3) is 0 Å². The number of ether oxygens (including phenoxy) is 1. The molecule has 0 amide bonds. The molecule has 2 aliphatic rings. The Morgan fingerprint density at radius 2 is 1.95 bits per heavy atom. The molecule has 2 fully saturated rings. The Kier molecular flexibility index (Phi) is 5.81. The Balaban J connectivity index is 1.52. The van der Waals surface area contributed by atoms with Crippen molar-refractivity contribution in [3.8, 4) is 0 Å². The maximum Gasteiger partial charge on any atom is 0.150 e. The number of aromatic amines is 1. The Morgan fingerprint density at radius 1 is 1.14 bits per heavy atom. The standard InChI is InChI=1S/C16H29N5O/c1-2-15-17-16(19-18-15)13-21-9-6-10-22-14(12-21)11-20-7-4-3-5-8-20/h14H,2-13H2,1H3,(H,17,18,19). The van der Waals surface area contributed by atoms with Gasteiger partial charge in [0.15, 0.2) is 0 Å². The second-order valence-corrected chi connectivity index (χ2v) is 6.49. The number of aryl methyl sites for hydroxylation is 1. The minimum atomic E-state index is 0.328. The van der Waals surface area contributed by atoms with Crippen molar-refractivity contribution in [3.63, 3.8) is 0 Å². The molecule has 124 valence electrons. The van der Waals surface area contributed by atoms with Crippen LogP contribution in [0.2, 0.25) is 0 Å². The predicted molar refractivity (Wildman–Crippen MR) is 85.7 cm³/mol. The molecule has 3 heterocycles. The van der Waals surface area contributed by atoms with E-state index in [1.54, 1.807) is 0 Å². The topological polar surface area (TPSA) is 57.3 Å². The fourth-order valence-corrected chi connectivity index (χ4v) is 3.43. The summed E-state index contributed by atoms with van der Waals surface area (Å²) in [6.07, 6.45) is 6.39. The highest BCUT2D eigenvalue weighted by Crippen LogP contribution is 2.14. The van der Waals surface area contributed by atoms with Crippen LogP contribution in [-0.2, 0) is 17.7 Å². The molecule has 6 nitrogen and oxygen atoms in total. The Morgan fingerprint density at radius 3 is 2.73 bits per heavy atom. The summed E-state index contributed by atoms with van der Waals surface area (Å²) in [7, 11) is 0. The van der Waals surface area contributed by atoms with Crippen molar-refractivity contribution in [1.82, 2.24) is 25.0 Å². The summed E-state index contributed by atoms with van der Waals surface area (Å²) in [5.41, 5.74) is 0. The van der Waals surface area contributed by atoms with Crippen LogP contribution in [0, 0.1) is 0 Å². The van der Waals surface area contributed by atoms with Gasteiger partial charge in [0.2, 0.25) is 0 Å². The molecule has 0 spiro atoms. The van der Waals surface area contributed by atoms with Crippen LogP contribution >= 0.6 is 0 Å². The van der Waals surface area contributed by atoms with Gasteiger partial charge in [0.1, 0.15) is 11.6 Å². The predicted octanol–water partition coefficient (Wildman–Crippen LogP) is 1.44. The Hall–Kier alpha value is -0.980. The number of rotatable bonds is 5. The lowest BCUT2D eigenvalue weighted by Crippen LogP contribution is -2.42. The van der Waals surface area contributed by atoms with E-state index >= 15 is 0 Å². The largest absolute Gasteiger partial charge is 0.376 e. The zero-order chi connectivity index (χ0) is 15.2. The first-order valence-electron chi connectivity index (χ1n) is 8.80. The molecular weight excluding hydrogens is 278 g/mol. The van der Waals surface area contributed by atoms with E-state index in [2.05, 4.69) is 31.9 Å². The first kappa shape index (κ1) is 15.9. The molecular formula is C16H29N5O. The van der Waals surface area contributed by atoms with Gasteiger partial charge in [-0.05, 0) is 32.4 Å². The summed E-state index contributed by atoms with van der Waals surface area (Å²) in [5, 5.41) is 7.30. The zero-order valence-corrected chi connectivity index (χ0v) is 13.8. The summed E-state index contributed by atoms with van der Waals surface area (Å²) >= 11 is 0. The van der Waals surface area contributed by atoms with Crippen molar-refractivity contribution in [1.29, 1.82) is 0 Å². The van der Waals surface area contributed by atoms with Crippen LogP contribution in [-0.4, -0.2) is 70.4 Å². The minimum absolute atomic E-state index is 0.328. The summed E-state index contributed by atoms with van der Waals surface area (Å²) in [6, 6.07) is 0. The smallest absolute Gasteiger partial charge is 0.150 e. The van der Waals surface area contributed by atoms with E-state index in [0.29, 0.717) is 6.10 Å². The lowest BCUT2D eigenvalue weighted by Gasteiger charge is -2.31. The molecule has 0 aromatic carbocycles. The number of nitrogens with zero attached hydrogens (tertiary/aromatic N) is 4. The number of aromatic nitrogens is 3. The Labute approximate surface area is 133 Å². The highest BCUT2D eigenvalue weighted by Gasteiger charge is 2.22. The maximum atomic E-state index is 6.07. The molecule has 2 aliphatic heterocycles. The van der Waals surface area contributed by atoms with E-state index in [0.717, 1.165) is 57.3 Å². The molecule has 2 saturated heterocycles. The lowest BCUT2D eigenvalue weighted by molar-refractivity contribution is 0.0214. The number of likely N-dealkylation sites (tertiary alicyclic amines) is 1. The van der Waals surface area contributed by atoms with Gasteiger partial charge in [0.25, 0.3) is 0 Å². The Bertz CT molecular complexity index is 443. The summed E-state index contributed by atoms with van der Waals surface area (Å²) in [6.45, 7) is 9.45. The molecule has 0 aliphatic carbocycles. The molecule has 1 aromatic heterocycles. The highest BCUT2D eigenvalue weighted by molar-refractivity contribution is 4.90. The van der Waals surface area contributed by atoms with Crippen LogP contribution in [0.5, 0.6) is 0 Å². The van der Waals surface area contributed by atoms with Crippen LogP contribution < -0.4 is 0 Å². The van der Waals surface area contributed by atoms with Crippen molar-refractivity contribution >= 4 is 0 Å². The van der Waals surface area contributed by atoms with Crippen molar-refractivity contribution in [3.05, 3.63) is 11.6 Å². The molecule has 0 bridgehead atoms. The third-order valence-electron chi connectivity index (χ3n) is 4.61. The third-order valence-corrected chi connectivity index (χ3v) is 4.61. The quantitative estimate of drug-likeness (QED) is 0.892. The van der Waals surface area contributed by atoms with Gasteiger partial charge >= 0.3 is 0 Å². The van der Waals surface area contributed by atoms with Gasteiger partial charge in [0, 0.05) is 32.7 Å². The lowest BCUT2D eigenvalue weighted by atomic mass is 10.1. The van der Waals surface area contributed by atoms with Crippen molar-refractivity contribution < 1.29 is 4.74 Å². The van der Waals surface area contributed by atoms with E-state index < -0.39 is 0 Å². The number of hydrogen-bond acceptors (Lipinski definition) is 5. The minimum Gasteiger partial charge on any atom is -0.376 e. The normalized spacial score (nSPS) is 25.2. The molecule has 1 N–H and O–H groups in total. The average Bonchev–Trinajstić information content (AvgIpc) is 2.88. The third kappa shape index (κ3) is 4.51. The first-order valence-corrected chi connectivity index (χ1v) is 8.80. The van der Waals surface area contributed by atoms with Crippen LogP contribution in [0.4, 0.5) is 0 Å². The van der Waals surface area contributed by atoms with Gasteiger partial charge in [-0.25, -0.2) is 4.98 Å². The molecule has 22 heavy (non-hydrogen) atoms. The first-order chi connectivity index (χ1) is 10.8. The van der Waals surface area contributed by atoms with E-state index in [9.17, 15) is 0 Å². The van der Waals surface area contributed by atoms with Crippen molar-refractivity contribution in [2.75, 3.05) is 39.3 Å². The molecule has 1 atom stereocenters. The second-order valence-electron chi connectivity index (χ2n) is 6.49. The summed E-state index contributed by atoms with van der Waals surface area (Å²) in [5.74, 6) is 1.89. The van der Waals surface area contributed by atoms with Gasteiger partial charge < -0.3 is 9.64 Å². The molecule has 0 saturated carbocycles. The molecule has 3 rings (SSSR count). The van der Waals surface area contributed by atoms with Gasteiger partial charge in [-0.15, -0.1) is 0 Å². The van der Waals surface area contributed by atoms with E-state index in [-0.39, 0.29) is 0 Å². The SMILES string of the molecule is CCc1n[nH]c(CN2CCCOC(CN3CCCCC3)C2)n1. The van der Waals surface area contributed by atoms with E-state index in [1.807, 2.05) is 0 Å². The van der Waals surface area contributed by atoms with Gasteiger partial charge in [-0.2, -0.15) is 5.10 Å². The summed E-state index contributed by atoms with van der Waals surface area (Å²) in [4.78, 5) is 9.57. The number of hydrogen-bond donors (Lipinski definition) is 1. The maximum absolute atomic E-state index is 6.07. The van der Waals surface area contributed by atoms with Crippen LogP contribution in [0.1, 0.15) is 44.3 Å². The number of piperidine rings is 1. The van der Waals surface area contributed by atoms with E-state index in [4.69, 9.17) is 4.74 Å². The van der Waals surface area contributed by atoms with Gasteiger partial charge in [0.05, 0.1) is 12.6 Å².